The summed E-state index contributed by atoms with van der Waals surface area (Å²) in [6, 6.07) is 27.2. The smallest absolute Gasteiger partial charge is 0.255 e. The van der Waals surface area contributed by atoms with E-state index in [2.05, 4.69) is 24.4 Å². The summed E-state index contributed by atoms with van der Waals surface area (Å²) in [5.74, 6) is -0.112. The third kappa shape index (κ3) is 4.80. The molecule has 26 heavy (non-hydrogen) atoms. The molecular weight excluding hydrogens is 322 g/mol. The van der Waals surface area contributed by atoms with Crippen LogP contribution in [0.5, 0.6) is 0 Å². The Kier molecular flexibility index (Phi) is 6.18. The van der Waals surface area contributed by atoms with Crippen molar-refractivity contribution in [3.63, 3.8) is 0 Å². The van der Waals surface area contributed by atoms with Crippen LogP contribution in [0.15, 0.2) is 84.9 Å². The number of amides is 1. The van der Waals surface area contributed by atoms with E-state index in [1.807, 2.05) is 60.7 Å². The topological polar surface area (TPSA) is 38.3 Å². The summed E-state index contributed by atoms with van der Waals surface area (Å²) < 4.78 is 6.10. The molecule has 3 aromatic rings. The average molecular weight is 345 g/mol. The van der Waals surface area contributed by atoms with Crippen LogP contribution in [0.4, 0.5) is 5.69 Å². The van der Waals surface area contributed by atoms with Gasteiger partial charge in [0.1, 0.15) is 0 Å². The second kappa shape index (κ2) is 8.97. The highest BCUT2D eigenvalue weighted by molar-refractivity contribution is 6.04. The van der Waals surface area contributed by atoms with Gasteiger partial charge in [-0.15, -0.1) is 0 Å². The first kappa shape index (κ1) is 17.9. The molecule has 0 spiro atoms. The molecule has 0 aliphatic heterocycles. The highest BCUT2D eigenvalue weighted by Gasteiger charge is 2.10. The van der Waals surface area contributed by atoms with Crippen molar-refractivity contribution in [3.8, 4) is 0 Å². The molecule has 3 rings (SSSR count). The first-order valence-corrected chi connectivity index (χ1v) is 8.88. The van der Waals surface area contributed by atoms with Crippen LogP contribution in [0.3, 0.4) is 0 Å². The molecule has 0 saturated carbocycles. The van der Waals surface area contributed by atoms with E-state index >= 15 is 0 Å². The molecule has 3 nitrogen and oxygen atoms in total. The minimum absolute atomic E-state index is 0.0683. The predicted molar refractivity (Wildman–Crippen MR) is 105 cm³/mol. The summed E-state index contributed by atoms with van der Waals surface area (Å²) in [4.78, 5) is 12.3. The van der Waals surface area contributed by atoms with Crippen molar-refractivity contribution >= 4 is 11.6 Å². The highest BCUT2D eigenvalue weighted by atomic mass is 16.5. The molecule has 0 radical (unpaired) electrons. The molecule has 0 aliphatic rings. The Morgan fingerprint density at radius 3 is 2.31 bits per heavy atom. The van der Waals surface area contributed by atoms with E-state index < -0.39 is 0 Å². The van der Waals surface area contributed by atoms with Crippen molar-refractivity contribution in [1.82, 2.24) is 0 Å². The van der Waals surface area contributed by atoms with Gasteiger partial charge in [-0.05, 0) is 41.8 Å². The van der Waals surface area contributed by atoms with Crippen LogP contribution in [0, 0.1) is 0 Å². The van der Waals surface area contributed by atoms with Crippen LogP contribution in [0.2, 0.25) is 0 Å². The summed E-state index contributed by atoms with van der Waals surface area (Å²) in [6.45, 7) is 2.62. The van der Waals surface area contributed by atoms with Crippen molar-refractivity contribution in [1.29, 1.82) is 0 Å². The molecule has 1 unspecified atom stereocenters. The van der Waals surface area contributed by atoms with Gasteiger partial charge >= 0.3 is 0 Å². The van der Waals surface area contributed by atoms with Crippen LogP contribution < -0.4 is 5.32 Å². The van der Waals surface area contributed by atoms with Crippen molar-refractivity contribution in [2.75, 3.05) is 5.32 Å². The lowest BCUT2D eigenvalue weighted by molar-refractivity contribution is 0.0372. The Balaban J connectivity index is 1.63. The van der Waals surface area contributed by atoms with Gasteiger partial charge in [0.15, 0.2) is 0 Å². The highest BCUT2D eigenvalue weighted by Crippen LogP contribution is 2.23. The summed E-state index contributed by atoms with van der Waals surface area (Å²) in [5.41, 5.74) is 3.63. The SMILES string of the molecule is CCC(OCc1cccc(NC(=O)c2ccccc2)c1)c1ccccc1. The largest absolute Gasteiger partial charge is 0.369 e. The van der Waals surface area contributed by atoms with Gasteiger partial charge in [0.05, 0.1) is 12.7 Å². The van der Waals surface area contributed by atoms with E-state index in [1.165, 1.54) is 5.56 Å². The van der Waals surface area contributed by atoms with Crippen LogP contribution >= 0.6 is 0 Å². The second-order valence-corrected chi connectivity index (χ2v) is 6.14. The fourth-order valence-electron chi connectivity index (χ4n) is 2.85. The van der Waals surface area contributed by atoms with Gasteiger partial charge in [-0.3, -0.25) is 4.79 Å². The molecule has 0 aromatic heterocycles. The number of hydrogen-bond acceptors (Lipinski definition) is 2. The van der Waals surface area contributed by atoms with E-state index in [4.69, 9.17) is 4.74 Å². The number of hydrogen-bond donors (Lipinski definition) is 1. The fraction of sp³-hybridized carbons (Fsp3) is 0.174. The molecule has 0 bridgehead atoms. The third-order valence-electron chi connectivity index (χ3n) is 4.21. The van der Waals surface area contributed by atoms with E-state index in [0.717, 1.165) is 17.7 Å². The molecule has 1 amide bonds. The monoisotopic (exact) mass is 345 g/mol. The fourth-order valence-corrected chi connectivity index (χ4v) is 2.85. The quantitative estimate of drug-likeness (QED) is 0.605. The number of ether oxygens (including phenoxy) is 1. The molecule has 1 N–H and O–H groups in total. The van der Waals surface area contributed by atoms with Gasteiger partial charge in [-0.2, -0.15) is 0 Å². The van der Waals surface area contributed by atoms with Gasteiger partial charge in [0.2, 0.25) is 0 Å². The first-order chi connectivity index (χ1) is 12.8. The van der Waals surface area contributed by atoms with Crippen molar-refractivity contribution in [2.45, 2.75) is 26.1 Å². The molecule has 0 fully saturated rings. The maximum Gasteiger partial charge on any atom is 0.255 e. The lowest BCUT2D eigenvalue weighted by atomic mass is 10.1. The molecule has 0 aliphatic carbocycles. The molecular formula is C23H23NO2. The van der Waals surface area contributed by atoms with E-state index in [9.17, 15) is 4.79 Å². The first-order valence-electron chi connectivity index (χ1n) is 8.88. The normalized spacial score (nSPS) is 11.7. The molecule has 0 saturated heterocycles. The van der Waals surface area contributed by atoms with Crippen LogP contribution in [-0.4, -0.2) is 5.91 Å². The van der Waals surface area contributed by atoms with E-state index in [0.29, 0.717) is 12.2 Å². The summed E-state index contributed by atoms with van der Waals surface area (Å²) >= 11 is 0. The Morgan fingerprint density at radius 1 is 0.923 bits per heavy atom. The molecule has 1 atom stereocenters. The number of rotatable bonds is 7. The van der Waals surface area contributed by atoms with Crippen molar-refractivity contribution in [2.24, 2.45) is 0 Å². The minimum Gasteiger partial charge on any atom is -0.369 e. The lowest BCUT2D eigenvalue weighted by Gasteiger charge is -2.17. The summed E-state index contributed by atoms with van der Waals surface area (Å²) in [5, 5.41) is 2.94. The Bertz CT molecular complexity index is 831. The van der Waals surface area contributed by atoms with Crippen molar-refractivity contribution in [3.05, 3.63) is 102 Å². The Morgan fingerprint density at radius 2 is 1.62 bits per heavy atom. The zero-order chi connectivity index (χ0) is 18.2. The maximum atomic E-state index is 12.3. The second-order valence-electron chi connectivity index (χ2n) is 6.14. The number of carbonyl (C=O) groups excluding carboxylic acids is 1. The van der Waals surface area contributed by atoms with Gasteiger partial charge in [-0.25, -0.2) is 0 Å². The number of nitrogens with one attached hydrogen (secondary N) is 1. The van der Waals surface area contributed by atoms with Gasteiger partial charge < -0.3 is 10.1 Å². The summed E-state index contributed by atoms with van der Waals surface area (Å²) in [7, 11) is 0. The zero-order valence-electron chi connectivity index (χ0n) is 14.9. The number of anilines is 1. The van der Waals surface area contributed by atoms with Crippen LogP contribution in [0.25, 0.3) is 0 Å². The standard InChI is InChI=1S/C23H23NO2/c1-2-22(19-11-5-3-6-12-19)26-17-18-10-9-15-21(16-18)24-23(25)20-13-7-4-8-14-20/h3-16,22H,2,17H2,1H3,(H,24,25). The minimum atomic E-state index is -0.112. The predicted octanol–water partition coefficient (Wildman–Crippen LogP) is 5.61. The Hall–Kier alpha value is -2.91. The van der Waals surface area contributed by atoms with Gasteiger partial charge in [0.25, 0.3) is 5.91 Å². The third-order valence-corrected chi connectivity index (χ3v) is 4.21. The lowest BCUT2D eigenvalue weighted by Crippen LogP contribution is -2.12. The van der Waals surface area contributed by atoms with Gasteiger partial charge in [-0.1, -0.05) is 67.6 Å². The molecule has 3 heteroatoms. The summed E-state index contributed by atoms with van der Waals surface area (Å²) in [6.07, 6.45) is 0.979. The van der Waals surface area contributed by atoms with Gasteiger partial charge in [0, 0.05) is 11.3 Å². The van der Waals surface area contributed by atoms with Crippen molar-refractivity contribution < 1.29 is 9.53 Å². The number of carbonyl (C=O) groups is 1. The average Bonchev–Trinajstić information content (AvgIpc) is 2.70. The number of benzene rings is 3. The molecule has 132 valence electrons. The molecule has 3 aromatic carbocycles. The van der Waals surface area contributed by atoms with Crippen LogP contribution in [0.1, 0.15) is 40.9 Å². The zero-order valence-corrected chi connectivity index (χ0v) is 14.9. The molecule has 0 heterocycles. The van der Waals surface area contributed by atoms with E-state index in [1.54, 1.807) is 12.1 Å². The maximum absolute atomic E-state index is 12.3. The van der Waals surface area contributed by atoms with Crippen LogP contribution in [-0.2, 0) is 11.3 Å². The van der Waals surface area contributed by atoms with E-state index in [-0.39, 0.29) is 12.0 Å². The Labute approximate surface area is 154 Å².